The van der Waals surface area contributed by atoms with Crippen LogP contribution in [0.15, 0.2) is 16.9 Å². The molecule has 21 heavy (non-hydrogen) atoms. The summed E-state index contributed by atoms with van der Waals surface area (Å²) in [5.74, 6) is -0.614. The summed E-state index contributed by atoms with van der Waals surface area (Å²) in [6.07, 6.45) is -4.68. The number of pyridine rings is 1. The molecule has 0 fully saturated rings. The maximum Gasteiger partial charge on any atom is 0.431 e. The number of rotatable bonds is 2. The maximum absolute atomic E-state index is 12.4. The van der Waals surface area contributed by atoms with Crippen LogP contribution in [-0.4, -0.2) is 21.1 Å². The molecule has 0 bridgehead atoms. The molecular weight excluding hydrogens is 289 g/mol. The number of nitrogens with one attached hydrogen (secondary N) is 3. The van der Waals surface area contributed by atoms with Crippen LogP contribution in [-0.2, 0) is 6.18 Å². The Kier molecular flexibility index (Phi) is 3.58. The van der Waals surface area contributed by atoms with Crippen LogP contribution in [0.2, 0.25) is 0 Å². The highest BCUT2D eigenvalue weighted by Gasteiger charge is 2.32. The molecule has 0 aliphatic rings. The van der Waals surface area contributed by atoms with E-state index in [-0.39, 0.29) is 5.82 Å². The average Bonchev–Trinajstić information content (AvgIpc) is 2.69. The fraction of sp³-hybridized carbons (Fsp3) is 0.250. The van der Waals surface area contributed by atoms with Crippen molar-refractivity contribution in [3.05, 3.63) is 45.0 Å². The molecule has 3 N–H and O–H groups in total. The van der Waals surface area contributed by atoms with E-state index >= 15 is 0 Å². The number of carbonyl (C=O) groups is 1. The Morgan fingerprint density at radius 2 is 1.95 bits per heavy atom. The highest BCUT2D eigenvalue weighted by molar-refractivity contribution is 6.03. The first kappa shape index (κ1) is 14.8. The minimum Gasteiger partial charge on any atom is -0.318 e. The molecule has 0 aromatic carbocycles. The van der Waals surface area contributed by atoms with Gasteiger partial charge in [0.05, 0.1) is 0 Å². The third kappa shape index (κ3) is 2.96. The van der Waals surface area contributed by atoms with E-state index in [1.807, 2.05) is 0 Å². The van der Waals surface area contributed by atoms with Crippen LogP contribution >= 0.6 is 0 Å². The van der Waals surface area contributed by atoms with E-state index < -0.39 is 28.9 Å². The van der Waals surface area contributed by atoms with Crippen molar-refractivity contribution >= 4 is 11.7 Å². The van der Waals surface area contributed by atoms with Gasteiger partial charge in [0.15, 0.2) is 5.82 Å². The lowest BCUT2D eigenvalue weighted by atomic mass is 10.2. The highest BCUT2D eigenvalue weighted by Crippen LogP contribution is 2.26. The van der Waals surface area contributed by atoms with Crippen LogP contribution in [0.3, 0.4) is 0 Å². The van der Waals surface area contributed by atoms with Gasteiger partial charge in [-0.3, -0.25) is 14.7 Å². The van der Waals surface area contributed by atoms with Gasteiger partial charge < -0.3 is 10.3 Å². The summed E-state index contributed by atoms with van der Waals surface area (Å²) in [6, 6.07) is 1.46. The third-order valence-electron chi connectivity index (χ3n) is 2.94. The fourth-order valence-electron chi connectivity index (χ4n) is 1.60. The molecule has 0 saturated heterocycles. The maximum atomic E-state index is 12.4. The van der Waals surface area contributed by atoms with Gasteiger partial charge in [0.1, 0.15) is 11.3 Å². The first-order valence-corrected chi connectivity index (χ1v) is 5.83. The molecule has 2 aromatic rings. The first-order valence-electron chi connectivity index (χ1n) is 5.83. The molecule has 0 aliphatic heterocycles. The predicted octanol–water partition coefficient (Wildman–Crippen LogP) is 1.99. The Bertz CT molecular complexity index is 746. The van der Waals surface area contributed by atoms with Crippen LogP contribution in [0, 0.1) is 13.8 Å². The van der Waals surface area contributed by atoms with Gasteiger partial charge in [0.25, 0.3) is 11.5 Å². The molecule has 0 saturated carbocycles. The second-order valence-electron chi connectivity index (χ2n) is 4.39. The summed E-state index contributed by atoms with van der Waals surface area (Å²) in [5, 5.41) is 8.82. The van der Waals surface area contributed by atoms with Gasteiger partial charge in [0.2, 0.25) is 0 Å². The van der Waals surface area contributed by atoms with Gasteiger partial charge in [0, 0.05) is 11.3 Å². The van der Waals surface area contributed by atoms with Gasteiger partial charge in [-0.2, -0.15) is 18.3 Å². The van der Waals surface area contributed by atoms with Crippen molar-refractivity contribution in [1.82, 2.24) is 15.2 Å². The lowest BCUT2D eigenvalue weighted by Crippen LogP contribution is -2.26. The third-order valence-corrected chi connectivity index (χ3v) is 2.94. The van der Waals surface area contributed by atoms with Crippen LogP contribution in [0.4, 0.5) is 19.0 Å². The van der Waals surface area contributed by atoms with Gasteiger partial charge in [-0.1, -0.05) is 0 Å². The van der Waals surface area contributed by atoms with Crippen LogP contribution in [0.25, 0.3) is 0 Å². The molecule has 112 valence electrons. The zero-order valence-corrected chi connectivity index (χ0v) is 11.1. The highest BCUT2D eigenvalue weighted by atomic mass is 19.4. The zero-order chi connectivity index (χ0) is 15.8. The zero-order valence-electron chi connectivity index (χ0n) is 11.1. The number of halogens is 3. The van der Waals surface area contributed by atoms with E-state index in [1.54, 1.807) is 18.8 Å². The Labute approximate surface area is 116 Å². The average molecular weight is 300 g/mol. The summed E-state index contributed by atoms with van der Waals surface area (Å²) in [4.78, 5) is 25.1. The van der Waals surface area contributed by atoms with E-state index in [2.05, 4.69) is 15.5 Å². The molecule has 0 unspecified atom stereocenters. The lowest BCUT2D eigenvalue weighted by Gasteiger charge is -2.07. The summed E-state index contributed by atoms with van der Waals surface area (Å²) in [5.41, 5.74) is -1.36. The van der Waals surface area contributed by atoms with Crippen LogP contribution < -0.4 is 10.9 Å². The number of amides is 1. The van der Waals surface area contributed by atoms with Gasteiger partial charge in [-0.15, -0.1) is 0 Å². The van der Waals surface area contributed by atoms with Crippen molar-refractivity contribution in [2.24, 2.45) is 0 Å². The van der Waals surface area contributed by atoms with Gasteiger partial charge in [-0.25, -0.2) is 0 Å². The number of alkyl halides is 3. The number of aryl methyl sites for hydroxylation is 1. The predicted molar refractivity (Wildman–Crippen MR) is 68.1 cm³/mol. The van der Waals surface area contributed by atoms with Crippen molar-refractivity contribution in [1.29, 1.82) is 0 Å². The molecule has 1 amide bonds. The Morgan fingerprint density at radius 1 is 1.29 bits per heavy atom. The largest absolute Gasteiger partial charge is 0.431 e. The number of carbonyl (C=O) groups excluding carboxylic acids is 1. The molecule has 0 aliphatic carbocycles. The lowest BCUT2D eigenvalue weighted by molar-refractivity contribution is -0.141. The standard InChI is InChI=1S/C12H11F3N4O2/c1-5-6(2)18-19-9(5)17-11(21)7-3-4-8(12(13,14)15)16-10(7)20/h3-4H,1-2H3,(H,16,20)(H2,17,18,19,21). The number of nitrogens with zero attached hydrogens (tertiary/aromatic N) is 1. The first-order chi connectivity index (χ1) is 9.70. The minimum absolute atomic E-state index is 0.219. The van der Waals surface area contributed by atoms with Crippen molar-refractivity contribution in [2.45, 2.75) is 20.0 Å². The topological polar surface area (TPSA) is 90.6 Å². The number of aromatic nitrogens is 3. The number of aromatic amines is 2. The SMILES string of the molecule is Cc1[nH]nc(NC(=O)c2ccc(C(F)(F)F)[nH]c2=O)c1C. The van der Waals surface area contributed by atoms with Crippen LogP contribution in [0.1, 0.15) is 27.3 Å². The molecule has 0 atom stereocenters. The second-order valence-corrected chi connectivity index (χ2v) is 4.39. The molecule has 6 nitrogen and oxygen atoms in total. The number of hydrogen-bond donors (Lipinski definition) is 3. The Hall–Kier alpha value is -2.58. The van der Waals surface area contributed by atoms with Crippen molar-refractivity contribution in [3.8, 4) is 0 Å². The summed E-state index contributed by atoms with van der Waals surface area (Å²) in [6.45, 7) is 3.44. The molecule has 2 aromatic heterocycles. The smallest absolute Gasteiger partial charge is 0.318 e. The van der Waals surface area contributed by atoms with Crippen molar-refractivity contribution < 1.29 is 18.0 Å². The summed E-state index contributed by atoms with van der Waals surface area (Å²) >= 11 is 0. The summed E-state index contributed by atoms with van der Waals surface area (Å²) < 4.78 is 37.3. The van der Waals surface area contributed by atoms with E-state index in [0.29, 0.717) is 11.6 Å². The molecule has 2 rings (SSSR count). The van der Waals surface area contributed by atoms with E-state index in [0.717, 1.165) is 11.8 Å². The van der Waals surface area contributed by atoms with Crippen molar-refractivity contribution in [2.75, 3.05) is 5.32 Å². The molecule has 9 heteroatoms. The van der Waals surface area contributed by atoms with E-state index in [1.165, 1.54) is 0 Å². The molecule has 0 radical (unpaired) electrons. The minimum atomic E-state index is -4.68. The van der Waals surface area contributed by atoms with Gasteiger partial charge >= 0.3 is 6.18 Å². The Morgan fingerprint density at radius 3 is 2.43 bits per heavy atom. The Balaban J connectivity index is 2.28. The fourth-order valence-corrected chi connectivity index (χ4v) is 1.60. The normalized spacial score (nSPS) is 11.5. The second kappa shape index (κ2) is 5.08. The van der Waals surface area contributed by atoms with Gasteiger partial charge in [-0.05, 0) is 26.0 Å². The van der Waals surface area contributed by atoms with Crippen LogP contribution in [0.5, 0.6) is 0 Å². The number of H-pyrrole nitrogens is 2. The summed E-state index contributed by atoms with van der Waals surface area (Å²) in [7, 11) is 0. The molecule has 2 heterocycles. The number of anilines is 1. The number of hydrogen-bond acceptors (Lipinski definition) is 3. The molecule has 0 spiro atoms. The molecular formula is C12H11F3N4O2. The quantitative estimate of drug-likeness (QED) is 0.792. The van der Waals surface area contributed by atoms with Crippen molar-refractivity contribution in [3.63, 3.8) is 0 Å². The monoisotopic (exact) mass is 300 g/mol. The van der Waals surface area contributed by atoms with E-state index in [9.17, 15) is 22.8 Å². The van der Waals surface area contributed by atoms with E-state index in [4.69, 9.17) is 0 Å².